The summed E-state index contributed by atoms with van der Waals surface area (Å²) >= 11 is 2.87. The Bertz CT molecular complexity index is 552. The Hall–Kier alpha value is -0.350. The third-order valence-corrected chi connectivity index (χ3v) is 4.08. The number of nitrogens with one attached hydrogen (secondary N) is 1. The van der Waals surface area contributed by atoms with Gasteiger partial charge in [-0.2, -0.15) is 13.2 Å². The fraction of sp³-hybridized carbons (Fsp3) is 0.400. The lowest BCUT2D eigenvalue weighted by molar-refractivity contribution is -0.137. The second kappa shape index (κ2) is 7.60. The van der Waals surface area contributed by atoms with E-state index in [-0.39, 0.29) is 30.0 Å². The molecule has 0 heterocycles. The normalized spacial score (nSPS) is 12.1. The molecule has 0 atom stereocenters. The van der Waals surface area contributed by atoms with E-state index in [1.165, 1.54) is 0 Å². The number of hydrogen-bond acceptors (Lipinski definition) is 3. The Morgan fingerprint density at radius 1 is 1.25 bits per heavy atom. The van der Waals surface area contributed by atoms with Crippen LogP contribution in [-0.4, -0.2) is 21.5 Å². The largest absolute Gasteiger partial charge is 0.416 e. The van der Waals surface area contributed by atoms with Gasteiger partial charge in [-0.25, -0.2) is 13.1 Å². The first-order valence-corrected chi connectivity index (χ1v) is 7.52. The molecule has 0 radical (unpaired) electrons. The van der Waals surface area contributed by atoms with E-state index in [2.05, 4.69) is 20.7 Å². The summed E-state index contributed by atoms with van der Waals surface area (Å²) in [4.78, 5) is -0.439. The molecular formula is C10H13BrClF3N2O2S. The number of benzene rings is 1. The van der Waals surface area contributed by atoms with Crippen molar-refractivity contribution in [2.24, 2.45) is 5.73 Å². The molecule has 0 bridgehead atoms. The van der Waals surface area contributed by atoms with Crippen molar-refractivity contribution < 1.29 is 21.6 Å². The minimum absolute atomic E-state index is 0. The van der Waals surface area contributed by atoms with E-state index in [0.717, 1.165) is 12.1 Å². The van der Waals surface area contributed by atoms with Gasteiger partial charge in [-0.1, -0.05) is 15.9 Å². The van der Waals surface area contributed by atoms with Crippen molar-refractivity contribution in [1.82, 2.24) is 4.72 Å². The molecule has 0 amide bonds. The zero-order chi connectivity index (χ0) is 14.7. The molecule has 0 aliphatic carbocycles. The highest BCUT2D eigenvalue weighted by molar-refractivity contribution is 9.10. The summed E-state index contributed by atoms with van der Waals surface area (Å²) in [5.74, 6) is 0. The topological polar surface area (TPSA) is 72.2 Å². The first kappa shape index (κ1) is 19.7. The molecule has 0 saturated heterocycles. The van der Waals surface area contributed by atoms with Crippen LogP contribution in [0.25, 0.3) is 0 Å². The summed E-state index contributed by atoms with van der Waals surface area (Å²) in [5.41, 5.74) is 4.18. The van der Waals surface area contributed by atoms with Gasteiger partial charge < -0.3 is 5.73 Å². The maximum atomic E-state index is 12.6. The molecule has 0 saturated carbocycles. The van der Waals surface area contributed by atoms with Crippen LogP contribution in [0.1, 0.15) is 12.0 Å². The highest BCUT2D eigenvalue weighted by atomic mass is 79.9. The van der Waals surface area contributed by atoms with E-state index in [0.29, 0.717) is 12.5 Å². The van der Waals surface area contributed by atoms with E-state index >= 15 is 0 Å². The van der Waals surface area contributed by atoms with Gasteiger partial charge in [0, 0.05) is 11.0 Å². The summed E-state index contributed by atoms with van der Waals surface area (Å²) in [6, 6.07) is 2.52. The van der Waals surface area contributed by atoms with Gasteiger partial charge >= 0.3 is 6.18 Å². The second-order valence-electron chi connectivity index (χ2n) is 3.71. The highest BCUT2D eigenvalue weighted by Crippen LogP contribution is 2.33. The van der Waals surface area contributed by atoms with E-state index in [1.54, 1.807) is 0 Å². The van der Waals surface area contributed by atoms with Crippen LogP contribution >= 0.6 is 28.3 Å². The molecule has 1 aromatic carbocycles. The zero-order valence-electron chi connectivity index (χ0n) is 10.1. The summed E-state index contributed by atoms with van der Waals surface area (Å²) in [6.45, 7) is 0.363. The Balaban J connectivity index is 0.00000361. The van der Waals surface area contributed by atoms with Crippen LogP contribution in [-0.2, 0) is 16.2 Å². The Labute approximate surface area is 129 Å². The predicted octanol–water partition coefficient (Wildman–Crippen LogP) is 2.52. The van der Waals surface area contributed by atoms with Gasteiger partial charge in [0.2, 0.25) is 10.0 Å². The van der Waals surface area contributed by atoms with Crippen LogP contribution < -0.4 is 10.5 Å². The summed E-state index contributed by atoms with van der Waals surface area (Å²) in [6.07, 6.45) is -4.20. The fourth-order valence-electron chi connectivity index (χ4n) is 1.27. The van der Waals surface area contributed by atoms with Crippen molar-refractivity contribution in [2.75, 3.05) is 13.1 Å². The van der Waals surface area contributed by atoms with Crippen LogP contribution in [0.5, 0.6) is 0 Å². The molecule has 20 heavy (non-hydrogen) atoms. The first-order valence-electron chi connectivity index (χ1n) is 5.24. The van der Waals surface area contributed by atoms with Crippen molar-refractivity contribution in [3.63, 3.8) is 0 Å². The number of sulfonamides is 1. The summed E-state index contributed by atoms with van der Waals surface area (Å²) < 4.78 is 63.6. The van der Waals surface area contributed by atoms with Crippen molar-refractivity contribution in [2.45, 2.75) is 17.5 Å². The number of hydrogen-bond donors (Lipinski definition) is 2. The molecule has 4 nitrogen and oxygen atoms in total. The molecule has 3 N–H and O–H groups in total. The molecule has 0 fully saturated rings. The molecule has 0 unspecified atom stereocenters. The van der Waals surface area contributed by atoms with Crippen LogP contribution in [0.15, 0.2) is 27.6 Å². The molecular weight excluding hydrogens is 385 g/mol. The van der Waals surface area contributed by atoms with Crippen LogP contribution in [0.3, 0.4) is 0 Å². The van der Waals surface area contributed by atoms with E-state index in [4.69, 9.17) is 5.73 Å². The zero-order valence-corrected chi connectivity index (χ0v) is 13.3. The summed E-state index contributed by atoms with van der Waals surface area (Å²) in [7, 11) is -3.97. The SMILES string of the molecule is Cl.NCCCNS(=O)(=O)c1cc(Br)cc(C(F)(F)F)c1. The minimum atomic E-state index is -4.61. The maximum Gasteiger partial charge on any atom is 0.416 e. The van der Waals surface area contributed by atoms with Crippen LogP contribution in [0.2, 0.25) is 0 Å². The van der Waals surface area contributed by atoms with Gasteiger partial charge in [0.15, 0.2) is 0 Å². The third kappa shape index (κ3) is 5.57. The molecule has 0 aromatic heterocycles. The van der Waals surface area contributed by atoms with Crippen LogP contribution in [0, 0.1) is 0 Å². The van der Waals surface area contributed by atoms with Gasteiger partial charge in [-0.3, -0.25) is 0 Å². The molecule has 1 rings (SSSR count). The monoisotopic (exact) mass is 396 g/mol. The minimum Gasteiger partial charge on any atom is -0.330 e. The molecule has 0 aliphatic heterocycles. The average Bonchev–Trinajstić information content (AvgIpc) is 2.27. The third-order valence-electron chi connectivity index (χ3n) is 2.18. The van der Waals surface area contributed by atoms with Gasteiger partial charge in [-0.15, -0.1) is 12.4 Å². The average molecular weight is 398 g/mol. The van der Waals surface area contributed by atoms with E-state index in [9.17, 15) is 21.6 Å². The molecule has 0 spiro atoms. The van der Waals surface area contributed by atoms with Crippen LogP contribution in [0.4, 0.5) is 13.2 Å². The molecule has 116 valence electrons. The Morgan fingerprint density at radius 3 is 2.35 bits per heavy atom. The molecule has 0 aliphatic rings. The van der Waals surface area contributed by atoms with Gasteiger partial charge in [0.1, 0.15) is 0 Å². The maximum absolute atomic E-state index is 12.6. The van der Waals surface area contributed by atoms with E-state index in [1.807, 2.05) is 0 Å². The smallest absolute Gasteiger partial charge is 0.330 e. The van der Waals surface area contributed by atoms with E-state index < -0.39 is 26.7 Å². The Kier molecular flexibility index (Phi) is 7.47. The van der Waals surface area contributed by atoms with Crippen molar-refractivity contribution in [1.29, 1.82) is 0 Å². The van der Waals surface area contributed by atoms with Crippen molar-refractivity contribution >= 4 is 38.4 Å². The molecule has 1 aromatic rings. The summed E-state index contributed by atoms with van der Waals surface area (Å²) in [5, 5.41) is 0. The quantitative estimate of drug-likeness (QED) is 0.750. The van der Waals surface area contributed by atoms with Crippen molar-refractivity contribution in [3.05, 3.63) is 28.2 Å². The lowest BCUT2D eigenvalue weighted by Gasteiger charge is -2.11. The van der Waals surface area contributed by atoms with Crippen molar-refractivity contribution in [3.8, 4) is 0 Å². The van der Waals surface area contributed by atoms with Gasteiger partial charge in [-0.05, 0) is 31.2 Å². The number of alkyl halides is 3. The Morgan fingerprint density at radius 2 is 1.85 bits per heavy atom. The fourth-order valence-corrected chi connectivity index (χ4v) is 3.06. The standard InChI is InChI=1S/C10H12BrF3N2O2S.ClH/c11-8-4-7(10(12,13)14)5-9(6-8)19(17,18)16-3-1-2-15;/h4-6,16H,1-3,15H2;1H. The lowest BCUT2D eigenvalue weighted by atomic mass is 10.2. The molecule has 10 heteroatoms. The highest BCUT2D eigenvalue weighted by Gasteiger charge is 2.32. The number of nitrogens with two attached hydrogens (primary N) is 1. The number of rotatable bonds is 5. The lowest BCUT2D eigenvalue weighted by Crippen LogP contribution is -2.26. The van der Waals surface area contributed by atoms with Gasteiger partial charge in [0.05, 0.1) is 10.5 Å². The first-order chi connectivity index (χ1) is 8.66. The second-order valence-corrected chi connectivity index (χ2v) is 6.40. The van der Waals surface area contributed by atoms with Gasteiger partial charge in [0.25, 0.3) is 0 Å². The predicted molar refractivity (Wildman–Crippen MR) is 75.3 cm³/mol. The number of halogens is 5.